The molecule has 0 aliphatic carbocycles. The van der Waals surface area contributed by atoms with Crippen LogP contribution in [0.1, 0.15) is 29.3 Å². The normalized spacial score (nSPS) is 21.0. The number of hydrogen-bond donors (Lipinski definition) is 3. The first kappa shape index (κ1) is 32.9. The van der Waals surface area contributed by atoms with Crippen molar-refractivity contribution in [3.63, 3.8) is 0 Å². The van der Waals surface area contributed by atoms with Crippen LogP contribution >= 0.6 is 11.6 Å². The molecule has 2 aromatic carbocycles. The first-order chi connectivity index (χ1) is 20.1. The van der Waals surface area contributed by atoms with Crippen molar-refractivity contribution in [2.24, 2.45) is 0 Å². The van der Waals surface area contributed by atoms with E-state index in [2.05, 4.69) is 16.0 Å². The van der Waals surface area contributed by atoms with Gasteiger partial charge in [-0.05, 0) is 31.2 Å². The van der Waals surface area contributed by atoms with Crippen molar-refractivity contribution in [1.82, 2.24) is 15.5 Å². The van der Waals surface area contributed by atoms with Crippen LogP contribution in [-0.2, 0) is 21.2 Å². The summed E-state index contributed by atoms with van der Waals surface area (Å²) in [6.07, 6.45) is -5.19. The van der Waals surface area contributed by atoms with Gasteiger partial charge in [0, 0.05) is 55.9 Å². The van der Waals surface area contributed by atoms with Gasteiger partial charge in [-0.1, -0.05) is 17.7 Å². The Kier molecular flexibility index (Phi) is 10.2. The number of carbonyl (C=O) groups excluding carboxylic acids is 2. The lowest BCUT2D eigenvalue weighted by Crippen LogP contribution is -2.53. The van der Waals surface area contributed by atoms with Gasteiger partial charge in [0.25, 0.3) is 5.91 Å². The molecule has 2 aromatic rings. The second kappa shape index (κ2) is 13.3. The molecule has 2 amide bonds. The highest BCUT2D eigenvalue weighted by Gasteiger charge is 2.32. The molecule has 4 rings (SSSR count). The molecule has 16 heteroatoms. The van der Waals surface area contributed by atoms with Crippen molar-refractivity contribution < 1.29 is 40.0 Å². The lowest BCUT2D eigenvalue weighted by atomic mass is 10.1. The predicted molar refractivity (Wildman–Crippen MR) is 152 cm³/mol. The molecular weight excluding hydrogens is 621 g/mol. The van der Waals surface area contributed by atoms with Gasteiger partial charge in [0.2, 0.25) is 5.91 Å². The monoisotopic (exact) mass is 651 g/mol. The van der Waals surface area contributed by atoms with Crippen LogP contribution in [0.15, 0.2) is 30.3 Å². The molecule has 2 atom stereocenters. The summed E-state index contributed by atoms with van der Waals surface area (Å²) < 4.78 is 91.5. The Hall–Kier alpha value is -3.01. The molecule has 0 aromatic heterocycles. The van der Waals surface area contributed by atoms with Crippen molar-refractivity contribution in [3.8, 4) is 0 Å². The Balaban J connectivity index is 1.43. The Morgan fingerprint density at radius 3 is 2.53 bits per heavy atom. The van der Waals surface area contributed by atoms with Gasteiger partial charge in [0.05, 0.1) is 34.9 Å². The number of halogens is 6. The van der Waals surface area contributed by atoms with E-state index in [0.29, 0.717) is 30.3 Å². The van der Waals surface area contributed by atoms with Crippen LogP contribution in [0.25, 0.3) is 0 Å². The second-order valence-electron chi connectivity index (χ2n) is 10.6. The van der Waals surface area contributed by atoms with E-state index in [1.807, 2.05) is 4.90 Å². The van der Waals surface area contributed by atoms with Gasteiger partial charge in [-0.3, -0.25) is 14.5 Å². The minimum atomic E-state index is -4.26. The first-order valence-electron chi connectivity index (χ1n) is 13.5. The molecule has 0 unspecified atom stereocenters. The summed E-state index contributed by atoms with van der Waals surface area (Å²) in [5, 5.41) is 8.05. The zero-order chi connectivity index (χ0) is 31.5. The van der Waals surface area contributed by atoms with E-state index in [9.17, 15) is 35.6 Å². The maximum Gasteiger partial charge on any atom is 0.390 e. The molecule has 0 spiro atoms. The van der Waals surface area contributed by atoms with Gasteiger partial charge in [0.1, 0.15) is 6.04 Å². The zero-order valence-corrected chi connectivity index (χ0v) is 24.7. The van der Waals surface area contributed by atoms with Gasteiger partial charge in [-0.2, -0.15) is 13.2 Å². The summed E-state index contributed by atoms with van der Waals surface area (Å²) in [5.74, 6) is -4.94. The lowest BCUT2D eigenvalue weighted by Gasteiger charge is -2.41. The van der Waals surface area contributed by atoms with Gasteiger partial charge >= 0.3 is 6.18 Å². The topological polar surface area (TPSA) is 111 Å². The molecular formula is C27H31ClF5N5O4S. The lowest BCUT2D eigenvalue weighted by molar-refractivity contribution is -0.139. The molecule has 0 bridgehead atoms. The standard InChI is InChI=1S/C27H31ClF5N5O4S/c1-16-14-38(10-9-37(16)8-6-27(31,32)33)22-12-18(28)3-5-20(22)36-25(39)19-4-2-17(23(29)24(19)30)13-35-26(40)21-15-43(41,42)11-7-34-21/h2-5,12,16,21,34H,6-11,13-15H2,1H3,(H,35,40)(H,36,39)/t16-,21+/m1/s1. The number of rotatable bonds is 8. The highest BCUT2D eigenvalue weighted by atomic mass is 35.5. The maximum absolute atomic E-state index is 15.0. The fraction of sp³-hybridized carbons (Fsp3) is 0.481. The molecule has 0 radical (unpaired) electrons. The number of carbonyl (C=O) groups is 2. The van der Waals surface area contributed by atoms with Gasteiger partial charge in [-0.15, -0.1) is 0 Å². The number of hydrogen-bond acceptors (Lipinski definition) is 7. The second-order valence-corrected chi connectivity index (χ2v) is 13.2. The zero-order valence-electron chi connectivity index (χ0n) is 23.1. The van der Waals surface area contributed by atoms with Crippen LogP contribution in [0, 0.1) is 11.6 Å². The van der Waals surface area contributed by atoms with Crippen LogP contribution < -0.4 is 20.9 Å². The number of anilines is 2. The fourth-order valence-corrected chi connectivity index (χ4v) is 6.58. The number of benzene rings is 2. The average Bonchev–Trinajstić information content (AvgIpc) is 2.92. The molecule has 2 fully saturated rings. The third-order valence-electron chi connectivity index (χ3n) is 7.40. The number of amides is 2. The molecule has 9 nitrogen and oxygen atoms in total. The SMILES string of the molecule is C[C@@H]1CN(c2cc(Cl)ccc2NC(=O)c2ccc(CNC(=O)[C@@H]3CS(=O)(=O)CCN3)c(F)c2F)CCN1CCC(F)(F)F. The van der Waals surface area contributed by atoms with Crippen LogP contribution in [0.2, 0.25) is 5.02 Å². The Labute approximate surface area is 250 Å². The molecule has 2 aliphatic heterocycles. The van der Waals surface area contributed by atoms with Gasteiger partial charge < -0.3 is 20.9 Å². The summed E-state index contributed by atoms with van der Waals surface area (Å²) in [7, 11) is -3.39. The van der Waals surface area contributed by atoms with Crippen molar-refractivity contribution in [2.75, 3.05) is 54.4 Å². The van der Waals surface area contributed by atoms with Gasteiger partial charge in [-0.25, -0.2) is 17.2 Å². The molecule has 236 valence electrons. The minimum absolute atomic E-state index is 0.0970. The van der Waals surface area contributed by atoms with Crippen molar-refractivity contribution >= 4 is 44.6 Å². The van der Waals surface area contributed by atoms with E-state index in [1.54, 1.807) is 17.9 Å². The summed E-state index contributed by atoms with van der Waals surface area (Å²) in [4.78, 5) is 29.0. The predicted octanol–water partition coefficient (Wildman–Crippen LogP) is 3.34. The smallest absolute Gasteiger partial charge is 0.367 e. The van der Waals surface area contributed by atoms with Crippen molar-refractivity contribution in [3.05, 3.63) is 58.1 Å². The van der Waals surface area contributed by atoms with E-state index in [4.69, 9.17) is 11.6 Å². The van der Waals surface area contributed by atoms with E-state index in [-0.39, 0.29) is 36.1 Å². The maximum atomic E-state index is 15.0. The molecule has 43 heavy (non-hydrogen) atoms. The molecule has 2 heterocycles. The summed E-state index contributed by atoms with van der Waals surface area (Å²) in [6.45, 7) is 2.34. The van der Waals surface area contributed by atoms with E-state index in [1.165, 1.54) is 12.1 Å². The van der Waals surface area contributed by atoms with E-state index >= 15 is 4.39 Å². The number of alkyl halides is 3. The minimum Gasteiger partial charge on any atom is -0.367 e. The largest absolute Gasteiger partial charge is 0.390 e. The average molecular weight is 652 g/mol. The first-order valence-corrected chi connectivity index (χ1v) is 15.7. The number of nitrogens with zero attached hydrogens (tertiary/aromatic N) is 2. The third-order valence-corrected chi connectivity index (χ3v) is 9.30. The number of piperazine rings is 1. The molecule has 2 aliphatic rings. The van der Waals surface area contributed by atoms with Crippen molar-refractivity contribution in [1.29, 1.82) is 0 Å². The number of sulfone groups is 1. The number of nitrogens with one attached hydrogen (secondary N) is 3. The quantitative estimate of drug-likeness (QED) is 0.376. The third kappa shape index (κ3) is 8.55. The summed E-state index contributed by atoms with van der Waals surface area (Å²) in [5.41, 5.74) is -0.123. The Morgan fingerprint density at radius 1 is 1.12 bits per heavy atom. The molecule has 2 saturated heterocycles. The van der Waals surface area contributed by atoms with Crippen LogP contribution in [0.4, 0.5) is 33.3 Å². The molecule has 0 saturated carbocycles. The van der Waals surface area contributed by atoms with Crippen molar-refractivity contribution in [2.45, 2.75) is 38.1 Å². The van der Waals surface area contributed by atoms with Gasteiger partial charge in [0.15, 0.2) is 21.5 Å². The van der Waals surface area contributed by atoms with E-state index in [0.717, 1.165) is 12.1 Å². The fourth-order valence-electron chi connectivity index (χ4n) is 5.04. The van der Waals surface area contributed by atoms with Crippen LogP contribution in [0.3, 0.4) is 0 Å². The summed E-state index contributed by atoms with van der Waals surface area (Å²) in [6, 6.07) is 5.52. The van der Waals surface area contributed by atoms with Crippen LogP contribution in [0.5, 0.6) is 0 Å². The highest BCUT2D eigenvalue weighted by Crippen LogP contribution is 2.32. The van der Waals surface area contributed by atoms with Crippen LogP contribution in [-0.4, -0.2) is 87.6 Å². The Morgan fingerprint density at radius 2 is 1.86 bits per heavy atom. The molecule has 3 N–H and O–H groups in total. The van der Waals surface area contributed by atoms with E-state index < -0.39 is 69.8 Å². The Bertz CT molecular complexity index is 1480. The highest BCUT2D eigenvalue weighted by molar-refractivity contribution is 7.91. The summed E-state index contributed by atoms with van der Waals surface area (Å²) >= 11 is 6.19.